The average Bonchev–Trinajstić information content (AvgIpc) is 3.04. The van der Waals surface area contributed by atoms with Gasteiger partial charge in [0.15, 0.2) is 0 Å². The number of rotatable bonds is 38. The van der Waals surface area contributed by atoms with E-state index in [1.54, 1.807) is 0 Å². The van der Waals surface area contributed by atoms with E-state index in [2.05, 4.69) is 23.7 Å². The molecule has 0 saturated carbocycles. The summed E-state index contributed by atoms with van der Waals surface area (Å²) in [6, 6.07) is -0.816. The van der Waals surface area contributed by atoms with Gasteiger partial charge in [0.1, 0.15) is 0 Å². The molecule has 0 saturated heterocycles. The third kappa shape index (κ3) is 36.6. The topological polar surface area (TPSA) is 116 Å². The van der Waals surface area contributed by atoms with E-state index >= 15 is 0 Å². The lowest BCUT2D eigenvalue weighted by atomic mass is 10.0. The van der Waals surface area contributed by atoms with Gasteiger partial charge >= 0.3 is 7.82 Å². The number of aliphatic hydroxyl groups is 1. The Morgan fingerprint density at radius 1 is 0.532 bits per heavy atom. The second kappa shape index (κ2) is 35.4. The molecule has 0 fully saturated rings. The van der Waals surface area contributed by atoms with Crippen molar-refractivity contribution in [2.24, 2.45) is 0 Å². The first-order valence-corrected chi connectivity index (χ1v) is 22.0. The smallest absolute Gasteiger partial charge is 0.391 e. The van der Waals surface area contributed by atoms with Crippen LogP contribution in [0.1, 0.15) is 226 Å². The highest BCUT2D eigenvalue weighted by Crippen LogP contribution is 2.36. The van der Waals surface area contributed by atoms with Crippen LogP contribution < -0.4 is 5.32 Å². The number of phosphoric ester groups is 1. The third-order valence-corrected chi connectivity index (χ3v) is 10.1. The maximum absolute atomic E-state index is 12.5. The molecule has 0 aromatic carbocycles. The molecule has 0 aliphatic heterocycles. The van der Waals surface area contributed by atoms with Gasteiger partial charge < -0.3 is 20.2 Å². The summed E-state index contributed by atoms with van der Waals surface area (Å²) in [5, 5.41) is 13.4. The van der Waals surface area contributed by atoms with Gasteiger partial charge in [-0.15, -0.1) is 0 Å². The van der Waals surface area contributed by atoms with E-state index in [0.29, 0.717) is 12.8 Å². The maximum atomic E-state index is 12.5. The summed E-state index contributed by atoms with van der Waals surface area (Å²) in [5.41, 5.74) is 0. The Balaban J connectivity index is 3.76. The molecule has 0 radical (unpaired) electrons. The Hall–Kier alpha value is -0.460. The van der Waals surface area contributed by atoms with Gasteiger partial charge in [-0.1, -0.05) is 206 Å². The summed E-state index contributed by atoms with van der Waals surface area (Å²) >= 11 is 0. The van der Waals surface area contributed by atoms with E-state index in [9.17, 15) is 14.5 Å². The van der Waals surface area contributed by atoms with Gasteiger partial charge in [0.2, 0.25) is 5.91 Å². The number of unbranched alkanes of at least 4 members (excludes halogenated alkanes) is 29. The summed E-state index contributed by atoms with van der Waals surface area (Å²) in [6.45, 7) is 4.11. The van der Waals surface area contributed by atoms with Crippen LogP contribution in [0.3, 0.4) is 0 Å². The molecule has 0 spiro atoms. The van der Waals surface area contributed by atoms with Crippen LogP contribution in [0.5, 0.6) is 0 Å². The number of phosphoric acid groups is 1. The van der Waals surface area contributed by atoms with Crippen molar-refractivity contribution >= 4 is 13.7 Å². The molecule has 0 unspecified atom stereocenters. The highest BCUT2D eigenvalue weighted by atomic mass is 31.2. The predicted molar refractivity (Wildman–Crippen MR) is 200 cm³/mol. The number of hydrogen-bond acceptors (Lipinski definition) is 4. The second-order valence-corrected chi connectivity index (χ2v) is 15.6. The van der Waals surface area contributed by atoms with Crippen molar-refractivity contribution < 1.29 is 28.8 Å². The molecule has 0 bridgehead atoms. The zero-order chi connectivity index (χ0) is 34.7. The van der Waals surface area contributed by atoms with Gasteiger partial charge in [-0.05, 0) is 12.8 Å². The number of hydrogen-bond donors (Lipinski definition) is 4. The zero-order valence-corrected chi connectivity index (χ0v) is 32.1. The lowest BCUT2D eigenvalue weighted by Gasteiger charge is -2.24. The second-order valence-electron chi connectivity index (χ2n) is 14.3. The maximum Gasteiger partial charge on any atom is 0.469 e. The largest absolute Gasteiger partial charge is 0.469 e. The molecule has 0 aliphatic carbocycles. The Morgan fingerprint density at radius 2 is 0.830 bits per heavy atom. The standard InChI is InChI=1S/C39H80NO6P/c1-3-5-7-9-11-13-14-15-16-17-18-19-20-21-22-23-24-25-27-29-31-33-35-39(42)40-37(36-46-47(43,44)45)38(41)34-32-30-28-26-12-10-8-6-4-2/h37-38,41H,3-36H2,1-2H3,(H,40,42)(H2,43,44,45)/t37-,38+/m0/s1. The Morgan fingerprint density at radius 3 is 1.15 bits per heavy atom. The van der Waals surface area contributed by atoms with Crippen molar-refractivity contribution in [3.05, 3.63) is 0 Å². The minimum Gasteiger partial charge on any atom is -0.391 e. The fourth-order valence-corrected chi connectivity index (χ4v) is 6.82. The van der Waals surface area contributed by atoms with E-state index in [4.69, 9.17) is 9.79 Å². The van der Waals surface area contributed by atoms with Crippen molar-refractivity contribution in [2.45, 2.75) is 238 Å². The van der Waals surface area contributed by atoms with Crippen molar-refractivity contribution in [1.82, 2.24) is 5.32 Å². The van der Waals surface area contributed by atoms with Gasteiger partial charge in [-0.3, -0.25) is 9.32 Å². The van der Waals surface area contributed by atoms with Crippen LogP contribution in [0, 0.1) is 0 Å². The fraction of sp³-hybridized carbons (Fsp3) is 0.974. The van der Waals surface area contributed by atoms with E-state index in [1.807, 2.05) is 0 Å². The summed E-state index contributed by atoms with van der Waals surface area (Å²) in [7, 11) is -4.68. The number of amides is 1. The highest BCUT2D eigenvalue weighted by Gasteiger charge is 2.25. The third-order valence-electron chi connectivity index (χ3n) is 9.59. The molecular formula is C39H80NO6P. The molecule has 4 N–H and O–H groups in total. The Kier molecular flexibility index (Phi) is 35.0. The number of carbonyl (C=O) groups is 1. The number of carbonyl (C=O) groups excluding carboxylic acids is 1. The molecule has 0 aromatic rings. The van der Waals surface area contributed by atoms with E-state index < -0.39 is 26.6 Å². The van der Waals surface area contributed by atoms with E-state index in [-0.39, 0.29) is 5.91 Å². The summed E-state index contributed by atoms with van der Waals surface area (Å²) in [4.78, 5) is 30.8. The molecule has 0 aromatic heterocycles. The Labute approximate surface area is 291 Å². The van der Waals surface area contributed by atoms with Gasteiger partial charge in [0.05, 0.1) is 18.8 Å². The van der Waals surface area contributed by atoms with Gasteiger partial charge in [0.25, 0.3) is 0 Å². The van der Waals surface area contributed by atoms with Gasteiger partial charge in [0, 0.05) is 6.42 Å². The van der Waals surface area contributed by atoms with Crippen molar-refractivity contribution in [3.63, 3.8) is 0 Å². The molecule has 0 rings (SSSR count). The van der Waals surface area contributed by atoms with Crippen LogP contribution in [-0.2, 0) is 13.9 Å². The monoisotopic (exact) mass is 690 g/mol. The van der Waals surface area contributed by atoms with Crippen molar-refractivity contribution in [3.8, 4) is 0 Å². The summed E-state index contributed by atoms with van der Waals surface area (Å²) in [5.74, 6) is -0.191. The first kappa shape index (κ1) is 46.5. The van der Waals surface area contributed by atoms with E-state index in [1.165, 1.54) is 161 Å². The lowest BCUT2D eigenvalue weighted by Crippen LogP contribution is -2.46. The minimum atomic E-state index is -4.68. The van der Waals surface area contributed by atoms with Crippen molar-refractivity contribution in [1.29, 1.82) is 0 Å². The van der Waals surface area contributed by atoms with E-state index in [0.717, 1.165) is 38.5 Å². The van der Waals surface area contributed by atoms with Crippen LogP contribution >= 0.6 is 7.82 Å². The van der Waals surface area contributed by atoms with Gasteiger partial charge in [-0.25, -0.2) is 4.57 Å². The van der Waals surface area contributed by atoms with Crippen LogP contribution in [0.4, 0.5) is 0 Å². The molecule has 2 atom stereocenters. The van der Waals surface area contributed by atoms with Crippen LogP contribution in [-0.4, -0.2) is 39.6 Å². The highest BCUT2D eigenvalue weighted by molar-refractivity contribution is 7.46. The van der Waals surface area contributed by atoms with Crippen LogP contribution in [0.25, 0.3) is 0 Å². The molecule has 282 valence electrons. The normalized spacial score (nSPS) is 13.2. The molecule has 0 heterocycles. The summed E-state index contributed by atoms with van der Waals surface area (Å²) in [6.07, 6.45) is 39.6. The quantitative estimate of drug-likeness (QED) is 0.0379. The van der Waals surface area contributed by atoms with Crippen LogP contribution in [0.15, 0.2) is 0 Å². The molecule has 0 aliphatic rings. The average molecular weight is 690 g/mol. The molecule has 47 heavy (non-hydrogen) atoms. The zero-order valence-electron chi connectivity index (χ0n) is 31.2. The Bertz CT molecular complexity index is 703. The van der Waals surface area contributed by atoms with Gasteiger partial charge in [-0.2, -0.15) is 0 Å². The first-order chi connectivity index (χ1) is 22.8. The molecule has 1 amide bonds. The number of aliphatic hydroxyl groups excluding tert-OH is 1. The SMILES string of the molecule is CCCCCCCCCCCCCCCCCCCCCCCCC(=O)N[C@@H](COP(=O)(O)O)[C@H](O)CCCCCCCCCCC. The molecular weight excluding hydrogens is 609 g/mol. The number of nitrogens with one attached hydrogen (secondary N) is 1. The molecule has 7 nitrogen and oxygen atoms in total. The summed E-state index contributed by atoms with van der Waals surface area (Å²) < 4.78 is 15.9. The van der Waals surface area contributed by atoms with Crippen LogP contribution in [0.2, 0.25) is 0 Å². The fourth-order valence-electron chi connectivity index (χ4n) is 6.46. The molecule has 8 heteroatoms. The predicted octanol–water partition coefficient (Wildman–Crippen LogP) is 11.9. The minimum absolute atomic E-state index is 0.191. The first-order valence-electron chi connectivity index (χ1n) is 20.5. The van der Waals surface area contributed by atoms with Crippen molar-refractivity contribution in [2.75, 3.05) is 6.61 Å². The lowest BCUT2D eigenvalue weighted by molar-refractivity contribution is -0.123.